The van der Waals surface area contributed by atoms with Crippen molar-refractivity contribution >= 4 is 22.4 Å². The normalized spacial score (nSPS) is 11.8. The third-order valence-corrected chi connectivity index (χ3v) is 3.99. The van der Waals surface area contributed by atoms with E-state index in [-0.39, 0.29) is 5.91 Å². The molecule has 4 nitrogen and oxygen atoms in total. The van der Waals surface area contributed by atoms with Crippen molar-refractivity contribution < 1.29 is 14.3 Å². The van der Waals surface area contributed by atoms with E-state index in [9.17, 15) is 4.79 Å². The summed E-state index contributed by atoms with van der Waals surface area (Å²) in [5.74, 6) is 1.25. The molecule has 0 aromatic heterocycles. The predicted molar refractivity (Wildman–Crippen MR) is 100 cm³/mol. The van der Waals surface area contributed by atoms with Gasteiger partial charge in [-0.15, -0.1) is 0 Å². The third kappa shape index (κ3) is 4.10. The molecule has 0 heterocycles. The van der Waals surface area contributed by atoms with E-state index in [1.165, 1.54) is 0 Å². The van der Waals surface area contributed by atoms with Crippen LogP contribution in [0.4, 0.5) is 5.69 Å². The summed E-state index contributed by atoms with van der Waals surface area (Å²) in [6.45, 7) is 3.72. The third-order valence-electron chi connectivity index (χ3n) is 3.99. The van der Waals surface area contributed by atoms with Crippen molar-refractivity contribution in [2.24, 2.45) is 0 Å². The van der Waals surface area contributed by atoms with Crippen LogP contribution in [0.15, 0.2) is 60.7 Å². The average Bonchev–Trinajstić information content (AvgIpc) is 2.61. The fourth-order valence-corrected chi connectivity index (χ4v) is 2.63. The Hall–Kier alpha value is -3.01. The lowest BCUT2D eigenvalue weighted by molar-refractivity contribution is -0.122. The van der Waals surface area contributed by atoms with Gasteiger partial charge in [0, 0.05) is 5.69 Å². The van der Waals surface area contributed by atoms with E-state index in [4.69, 9.17) is 9.47 Å². The second kappa shape index (κ2) is 7.26. The van der Waals surface area contributed by atoms with Crippen LogP contribution < -0.4 is 14.8 Å². The highest BCUT2D eigenvalue weighted by molar-refractivity contribution is 5.94. The minimum Gasteiger partial charge on any atom is -0.497 e. The zero-order chi connectivity index (χ0) is 17.8. The number of ether oxygens (including phenoxy) is 2. The monoisotopic (exact) mass is 335 g/mol. The molecular formula is C21H21NO3. The Kier molecular flexibility index (Phi) is 4.89. The number of nitrogens with one attached hydrogen (secondary N) is 1. The van der Waals surface area contributed by atoms with Gasteiger partial charge in [0.25, 0.3) is 5.91 Å². The van der Waals surface area contributed by atoms with Crippen LogP contribution in [0.25, 0.3) is 10.8 Å². The lowest BCUT2D eigenvalue weighted by atomic mass is 10.1. The number of amides is 1. The molecule has 0 aliphatic rings. The van der Waals surface area contributed by atoms with Crippen LogP contribution in [0, 0.1) is 6.92 Å². The van der Waals surface area contributed by atoms with E-state index in [2.05, 4.69) is 5.32 Å². The molecule has 0 unspecified atom stereocenters. The first-order valence-corrected chi connectivity index (χ1v) is 8.17. The van der Waals surface area contributed by atoms with Gasteiger partial charge >= 0.3 is 0 Å². The molecule has 1 N–H and O–H groups in total. The van der Waals surface area contributed by atoms with E-state index in [1.807, 2.05) is 67.6 Å². The van der Waals surface area contributed by atoms with Crippen molar-refractivity contribution in [2.45, 2.75) is 20.0 Å². The van der Waals surface area contributed by atoms with E-state index in [0.29, 0.717) is 5.75 Å². The molecular weight excluding hydrogens is 314 g/mol. The van der Waals surface area contributed by atoms with Gasteiger partial charge in [-0.2, -0.15) is 0 Å². The molecule has 3 aromatic carbocycles. The number of fused-ring (bicyclic) bond motifs is 1. The minimum atomic E-state index is -0.608. The number of carbonyl (C=O) groups excluding carboxylic acids is 1. The number of rotatable bonds is 5. The number of hydrogen-bond donors (Lipinski definition) is 1. The van der Waals surface area contributed by atoms with Gasteiger partial charge in [-0.05, 0) is 66.6 Å². The van der Waals surface area contributed by atoms with Crippen LogP contribution in [0.2, 0.25) is 0 Å². The number of carbonyl (C=O) groups is 1. The zero-order valence-corrected chi connectivity index (χ0v) is 14.6. The summed E-state index contributed by atoms with van der Waals surface area (Å²) in [4.78, 5) is 12.3. The molecule has 1 amide bonds. The molecule has 25 heavy (non-hydrogen) atoms. The van der Waals surface area contributed by atoms with Crippen LogP contribution in [0.5, 0.6) is 11.5 Å². The summed E-state index contributed by atoms with van der Waals surface area (Å²) in [6.07, 6.45) is -0.608. The number of aryl methyl sites for hydroxylation is 1. The summed E-state index contributed by atoms with van der Waals surface area (Å²) in [7, 11) is 1.64. The van der Waals surface area contributed by atoms with Crippen molar-refractivity contribution in [3.63, 3.8) is 0 Å². The van der Waals surface area contributed by atoms with E-state index < -0.39 is 6.10 Å². The fraction of sp³-hybridized carbons (Fsp3) is 0.190. The summed E-state index contributed by atoms with van der Waals surface area (Å²) in [5.41, 5.74) is 1.86. The molecule has 0 spiro atoms. The number of methoxy groups -OCH3 is 1. The van der Waals surface area contributed by atoms with Gasteiger partial charge in [0.2, 0.25) is 0 Å². The summed E-state index contributed by atoms with van der Waals surface area (Å²) >= 11 is 0. The molecule has 128 valence electrons. The van der Waals surface area contributed by atoms with Crippen LogP contribution in [0.3, 0.4) is 0 Å². The first-order chi connectivity index (χ1) is 12.0. The van der Waals surface area contributed by atoms with E-state index in [1.54, 1.807) is 14.0 Å². The summed E-state index contributed by atoms with van der Waals surface area (Å²) in [6, 6.07) is 19.3. The lowest BCUT2D eigenvalue weighted by Gasteiger charge is -2.15. The van der Waals surface area contributed by atoms with Gasteiger partial charge in [0.1, 0.15) is 11.5 Å². The number of hydrogen-bond acceptors (Lipinski definition) is 3. The lowest BCUT2D eigenvalue weighted by Crippen LogP contribution is -2.30. The molecule has 0 fully saturated rings. The van der Waals surface area contributed by atoms with Crippen molar-refractivity contribution in [3.05, 3.63) is 66.2 Å². The Labute approximate surface area is 147 Å². The molecule has 3 aromatic rings. The van der Waals surface area contributed by atoms with Crippen molar-refractivity contribution in [2.75, 3.05) is 12.4 Å². The molecule has 0 aliphatic heterocycles. The first kappa shape index (κ1) is 16.8. The largest absolute Gasteiger partial charge is 0.497 e. The SMILES string of the molecule is COc1ccc2ccc(O[C@H](C)C(=O)Nc3cccc(C)c3)cc2c1. The highest BCUT2D eigenvalue weighted by Gasteiger charge is 2.15. The molecule has 4 heteroatoms. The van der Waals surface area contributed by atoms with Gasteiger partial charge in [-0.3, -0.25) is 4.79 Å². The Bertz CT molecular complexity index is 905. The molecule has 0 aliphatic carbocycles. The van der Waals surface area contributed by atoms with Crippen LogP contribution >= 0.6 is 0 Å². The zero-order valence-electron chi connectivity index (χ0n) is 14.6. The number of benzene rings is 3. The van der Waals surface area contributed by atoms with Crippen LogP contribution in [-0.4, -0.2) is 19.1 Å². The smallest absolute Gasteiger partial charge is 0.265 e. The van der Waals surface area contributed by atoms with Gasteiger partial charge in [0.15, 0.2) is 6.10 Å². The van der Waals surface area contributed by atoms with Gasteiger partial charge in [-0.1, -0.05) is 24.3 Å². The maximum atomic E-state index is 12.3. The van der Waals surface area contributed by atoms with Gasteiger partial charge in [0.05, 0.1) is 7.11 Å². The Morgan fingerprint density at radius 1 is 0.960 bits per heavy atom. The Balaban J connectivity index is 1.72. The second-order valence-corrected chi connectivity index (χ2v) is 5.99. The minimum absolute atomic E-state index is 0.184. The van der Waals surface area contributed by atoms with Gasteiger partial charge < -0.3 is 14.8 Å². The van der Waals surface area contributed by atoms with Crippen molar-refractivity contribution in [3.8, 4) is 11.5 Å². The molecule has 0 radical (unpaired) electrons. The van der Waals surface area contributed by atoms with Crippen LogP contribution in [-0.2, 0) is 4.79 Å². The molecule has 0 saturated heterocycles. The summed E-state index contributed by atoms with van der Waals surface area (Å²) in [5, 5.41) is 4.97. The average molecular weight is 335 g/mol. The highest BCUT2D eigenvalue weighted by atomic mass is 16.5. The maximum absolute atomic E-state index is 12.3. The van der Waals surface area contributed by atoms with Crippen LogP contribution in [0.1, 0.15) is 12.5 Å². The fourth-order valence-electron chi connectivity index (χ4n) is 2.63. The first-order valence-electron chi connectivity index (χ1n) is 8.17. The molecule has 0 bridgehead atoms. The highest BCUT2D eigenvalue weighted by Crippen LogP contribution is 2.25. The maximum Gasteiger partial charge on any atom is 0.265 e. The quantitative estimate of drug-likeness (QED) is 0.743. The van der Waals surface area contributed by atoms with E-state index >= 15 is 0 Å². The number of anilines is 1. The standard InChI is InChI=1S/C21H21NO3/c1-14-5-4-6-18(11-14)22-21(23)15(2)25-20-10-8-16-7-9-19(24-3)12-17(16)13-20/h4-13,15H,1-3H3,(H,22,23)/t15-/m1/s1. The predicted octanol–water partition coefficient (Wildman–Crippen LogP) is 4.56. The Morgan fingerprint density at radius 3 is 2.40 bits per heavy atom. The molecule has 1 atom stereocenters. The molecule has 0 saturated carbocycles. The van der Waals surface area contributed by atoms with Crippen molar-refractivity contribution in [1.29, 1.82) is 0 Å². The summed E-state index contributed by atoms with van der Waals surface area (Å²) < 4.78 is 11.1. The second-order valence-electron chi connectivity index (χ2n) is 5.99. The van der Waals surface area contributed by atoms with Gasteiger partial charge in [-0.25, -0.2) is 0 Å². The Morgan fingerprint density at radius 2 is 1.68 bits per heavy atom. The van der Waals surface area contributed by atoms with E-state index in [0.717, 1.165) is 27.8 Å². The van der Waals surface area contributed by atoms with Crippen molar-refractivity contribution in [1.82, 2.24) is 0 Å². The topological polar surface area (TPSA) is 47.6 Å². The molecule has 3 rings (SSSR count).